The Morgan fingerprint density at radius 2 is 1.74 bits per heavy atom. The lowest BCUT2D eigenvalue weighted by Crippen LogP contribution is -2.57. The number of alkyl halides is 8. The quantitative estimate of drug-likeness (QED) is 0.328. The molecule has 1 aliphatic carbocycles. The molecular weight excluding hydrogens is 616 g/mol. The van der Waals surface area contributed by atoms with Gasteiger partial charge in [-0.2, -0.15) is 40.2 Å². The Morgan fingerprint density at radius 1 is 1.05 bits per heavy atom. The van der Waals surface area contributed by atoms with Crippen LogP contribution in [0.1, 0.15) is 46.9 Å². The zero-order valence-corrected chi connectivity index (χ0v) is 22.7. The van der Waals surface area contributed by atoms with E-state index in [4.69, 9.17) is 11.6 Å². The number of likely N-dealkylation sites (tertiary alicyclic amines) is 1. The van der Waals surface area contributed by atoms with Gasteiger partial charge in [0.1, 0.15) is 12.2 Å². The molecule has 0 unspecified atom stereocenters. The average molecular weight is 639 g/mol. The number of amides is 2. The van der Waals surface area contributed by atoms with Crippen molar-refractivity contribution >= 4 is 40.0 Å². The predicted molar refractivity (Wildman–Crippen MR) is 138 cm³/mol. The highest BCUT2D eigenvalue weighted by Gasteiger charge is 2.38. The Labute approximate surface area is 243 Å². The van der Waals surface area contributed by atoms with E-state index in [0.717, 1.165) is 17.2 Å². The van der Waals surface area contributed by atoms with Crippen LogP contribution in [0.3, 0.4) is 0 Å². The van der Waals surface area contributed by atoms with E-state index in [1.807, 2.05) is 0 Å². The van der Waals surface area contributed by atoms with Gasteiger partial charge in [-0.15, -0.1) is 0 Å². The molecule has 3 aromatic rings. The van der Waals surface area contributed by atoms with E-state index in [1.165, 1.54) is 18.2 Å². The number of benzene rings is 1. The molecule has 5 rings (SSSR count). The lowest BCUT2D eigenvalue weighted by molar-refractivity contribution is -0.144. The van der Waals surface area contributed by atoms with Gasteiger partial charge in [0.05, 0.1) is 16.8 Å². The third-order valence-corrected chi connectivity index (χ3v) is 7.28. The van der Waals surface area contributed by atoms with Gasteiger partial charge < -0.3 is 15.5 Å². The largest absolute Gasteiger partial charge is 0.433 e. The highest BCUT2D eigenvalue weighted by Crippen LogP contribution is 2.41. The smallest absolute Gasteiger partial charge is 0.380 e. The summed E-state index contributed by atoms with van der Waals surface area (Å²) in [5.41, 5.74) is -1.29. The SMILES string of the molecule is O=C(N[C@H]1C[C@@H](Nc2cc(C(F)(F)F)nc3ccc(Cl)cc23)CN(C(=O)C(F)F)C1)c1cn(CC(F)(F)F)nc1C1CC1. The molecule has 2 atom stereocenters. The standard InChI is InChI=1S/C26H23ClF8N6O2/c27-13-3-4-18-16(5-13)19(7-20(38-18)26(33,34)35)36-14-6-15(9-40(8-14)24(43)22(28)29)37-23(42)17-10-41(11-25(30,31)32)39-21(17)12-1-2-12/h3-5,7,10,12,14-15,22H,1-2,6,8-9,11H2,(H,36,38)(H,37,42)/t14-,15+/m1/s1. The van der Waals surface area contributed by atoms with Crippen LogP contribution in [0.25, 0.3) is 10.9 Å². The first-order chi connectivity index (χ1) is 20.1. The Hall–Kier alpha value is -3.69. The Kier molecular flexibility index (Phi) is 8.17. The zero-order valence-electron chi connectivity index (χ0n) is 21.9. The van der Waals surface area contributed by atoms with Crippen molar-refractivity contribution in [3.63, 3.8) is 0 Å². The van der Waals surface area contributed by atoms with Crippen molar-refractivity contribution < 1.29 is 44.7 Å². The third-order valence-electron chi connectivity index (χ3n) is 7.05. The molecular formula is C26H23ClF8N6O2. The summed E-state index contributed by atoms with van der Waals surface area (Å²) in [6.07, 6.45) is -10.6. The first-order valence-corrected chi connectivity index (χ1v) is 13.4. The molecule has 17 heteroatoms. The van der Waals surface area contributed by atoms with Crippen LogP contribution in [0.4, 0.5) is 40.8 Å². The number of aromatic nitrogens is 3. The minimum absolute atomic E-state index is 0.0278. The van der Waals surface area contributed by atoms with E-state index >= 15 is 0 Å². The van der Waals surface area contributed by atoms with E-state index in [2.05, 4.69) is 20.7 Å². The fourth-order valence-corrected chi connectivity index (χ4v) is 5.28. The van der Waals surface area contributed by atoms with Gasteiger partial charge in [-0.05, 0) is 43.5 Å². The predicted octanol–water partition coefficient (Wildman–Crippen LogP) is 5.62. The molecule has 1 aliphatic heterocycles. The Bertz CT molecular complexity index is 1540. The molecule has 0 spiro atoms. The molecule has 3 heterocycles. The number of anilines is 1. The molecule has 1 aromatic carbocycles. The van der Waals surface area contributed by atoms with Crippen LogP contribution < -0.4 is 10.6 Å². The molecule has 0 bridgehead atoms. The maximum Gasteiger partial charge on any atom is 0.433 e. The summed E-state index contributed by atoms with van der Waals surface area (Å²) in [5, 5.41) is 9.78. The van der Waals surface area contributed by atoms with Gasteiger partial charge in [-0.3, -0.25) is 14.3 Å². The lowest BCUT2D eigenvalue weighted by atomic mass is 9.99. The number of rotatable bonds is 7. The van der Waals surface area contributed by atoms with Gasteiger partial charge >= 0.3 is 18.8 Å². The Balaban J connectivity index is 1.42. The van der Waals surface area contributed by atoms with Crippen molar-refractivity contribution in [2.45, 2.75) is 62.6 Å². The van der Waals surface area contributed by atoms with Gasteiger partial charge in [-0.25, -0.2) is 4.98 Å². The summed E-state index contributed by atoms with van der Waals surface area (Å²) in [7, 11) is 0. The molecule has 0 radical (unpaired) electrons. The van der Waals surface area contributed by atoms with Crippen LogP contribution in [0.15, 0.2) is 30.5 Å². The van der Waals surface area contributed by atoms with Crippen molar-refractivity contribution in [3.05, 3.63) is 52.4 Å². The highest BCUT2D eigenvalue weighted by atomic mass is 35.5. The molecule has 2 N–H and O–H groups in total. The summed E-state index contributed by atoms with van der Waals surface area (Å²) in [5.74, 6) is -2.57. The van der Waals surface area contributed by atoms with Gasteiger partial charge in [0, 0.05) is 53.4 Å². The average Bonchev–Trinajstić information content (AvgIpc) is 3.66. The highest BCUT2D eigenvalue weighted by molar-refractivity contribution is 6.31. The van der Waals surface area contributed by atoms with Gasteiger partial charge in [0.2, 0.25) is 0 Å². The molecule has 8 nitrogen and oxygen atoms in total. The fraction of sp³-hybridized carbons (Fsp3) is 0.462. The summed E-state index contributed by atoms with van der Waals surface area (Å²) in [6.45, 7) is -2.12. The monoisotopic (exact) mass is 638 g/mol. The van der Waals surface area contributed by atoms with E-state index in [1.54, 1.807) is 0 Å². The van der Waals surface area contributed by atoms with E-state index in [-0.39, 0.29) is 58.3 Å². The zero-order chi connectivity index (χ0) is 31.3. The topological polar surface area (TPSA) is 92.2 Å². The van der Waals surface area contributed by atoms with Gasteiger partial charge in [0.25, 0.3) is 11.8 Å². The number of pyridine rings is 1. The number of hydrogen-bond acceptors (Lipinski definition) is 5. The number of fused-ring (bicyclic) bond motifs is 1. The second-order valence-corrected chi connectivity index (χ2v) is 11.0. The fourth-order valence-electron chi connectivity index (χ4n) is 5.11. The van der Waals surface area contributed by atoms with Crippen molar-refractivity contribution in [3.8, 4) is 0 Å². The Morgan fingerprint density at radius 3 is 2.37 bits per heavy atom. The number of halogens is 9. The van der Waals surface area contributed by atoms with Crippen molar-refractivity contribution in [2.24, 2.45) is 0 Å². The normalized spacial score (nSPS) is 19.6. The van der Waals surface area contributed by atoms with Crippen LogP contribution in [0.5, 0.6) is 0 Å². The summed E-state index contributed by atoms with van der Waals surface area (Å²) < 4.78 is 107. The van der Waals surface area contributed by atoms with Crippen LogP contribution in [-0.4, -0.2) is 69.3 Å². The van der Waals surface area contributed by atoms with E-state index in [0.29, 0.717) is 17.5 Å². The number of carbonyl (C=O) groups excluding carboxylic acids is 2. The molecule has 1 saturated carbocycles. The second-order valence-electron chi connectivity index (χ2n) is 10.5. The number of carbonyl (C=O) groups is 2. The molecule has 2 aromatic heterocycles. The van der Waals surface area contributed by atoms with Crippen LogP contribution >= 0.6 is 11.6 Å². The molecule has 2 fully saturated rings. The van der Waals surface area contributed by atoms with Crippen molar-refractivity contribution in [1.29, 1.82) is 0 Å². The van der Waals surface area contributed by atoms with Gasteiger partial charge in [-0.1, -0.05) is 11.6 Å². The molecule has 2 amide bonds. The summed E-state index contributed by atoms with van der Waals surface area (Å²) >= 11 is 6.05. The first-order valence-electron chi connectivity index (χ1n) is 13.0. The van der Waals surface area contributed by atoms with E-state index in [9.17, 15) is 44.7 Å². The summed E-state index contributed by atoms with van der Waals surface area (Å²) in [4.78, 5) is 29.9. The number of hydrogen-bond donors (Lipinski definition) is 2. The van der Waals surface area contributed by atoms with E-state index < -0.39 is 54.9 Å². The van der Waals surface area contributed by atoms with Crippen molar-refractivity contribution in [2.75, 3.05) is 18.4 Å². The molecule has 2 aliphatic rings. The minimum atomic E-state index is -4.82. The van der Waals surface area contributed by atoms with Crippen LogP contribution in [0, 0.1) is 0 Å². The van der Waals surface area contributed by atoms with Crippen LogP contribution in [0.2, 0.25) is 5.02 Å². The summed E-state index contributed by atoms with van der Waals surface area (Å²) in [6, 6.07) is 2.82. The lowest BCUT2D eigenvalue weighted by Gasteiger charge is -2.38. The maximum atomic E-state index is 13.6. The molecule has 43 heavy (non-hydrogen) atoms. The number of piperidine rings is 1. The first kappa shape index (κ1) is 30.8. The minimum Gasteiger partial charge on any atom is -0.380 e. The second kappa shape index (κ2) is 11.4. The number of nitrogens with zero attached hydrogens (tertiary/aromatic N) is 4. The molecule has 1 saturated heterocycles. The van der Waals surface area contributed by atoms with Gasteiger partial charge in [0.15, 0.2) is 0 Å². The van der Waals surface area contributed by atoms with Crippen LogP contribution in [-0.2, 0) is 17.5 Å². The van der Waals surface area contributed by atoms with Crippen molar-refractivity contribution in [1.82, 2.24) is 25.0 Å². The number of nitrogens with one attached hydrogen (secondary N) is 2. The third kappa shape index (κ3) is 7.28. The molecule has 232 valence electrons. The maximum absolute atomic E-state index is 13.6.